The van der Waals surface area contributed by atoms with Crippen LogP contribution in [0.2, 0.25) is 0 Å². The van der Waals surface area contributed by atoms with Gasteiger partial charge < -0.3 is 15.1 Å². The maximum atomic E-state index is 10.8. The van der Waals surface area contributed by atoms with Gasteiger partial charge in [-0.2, -0.15) is 0 Å². The lowest BCUT2D eigenvalue weighted by atomic mass is 10.2. The van der Waals surface area contributed by atoms with Crippen molar-refractivity contribution in [3.8, 4) is 0 Å². The molecule has 0 aliphatic heterocycles. The van der Waals surface area contributed by atoms with E-state index in [0.717, 1.165) is 0 Å². The van der Waals surface area contributed by atoms with Crippen molar-refractivity contribution in [3.63, 3.8) is 0 Å². The summed E-state index contributed by atoms with van der Waals surface area (Å²) in [6.07, 6.45) is 0. The van der Waals surface area contributed by atoms with Gasteiger partial charge in [0.2, 0.25) is 5.52 Å². The molecule has 0 aliphatic rings. The summed E-state index contributed by atoms with van der Waals surface area (Å²) in [7, 11) is 0. The molecule has 2 aromatic rings. The van der Waals surface area contributed by atoms with Gasteiger partial charge in [-0.1, -0.05) is 0 Å². The summed E-state index contributed by atoms with van der Waals surface area (Å²) in [5.41, 5.74) is 0.595. The van der Waals surface area contributed by atoms with E-state index in [2.05, 4.69) is 14.9 Å². The van der Waals surface area contributed by atoms with Gasteiger partial charge >= 0.3 is 5.69 Å². The summed E-state index contributed by atoms with van der Waals surface area (Å²) in [5.74, 6) is 0. The predicted octanol–water partition coefficient (Wildman–Crippen LogP) is -0.0780. The molecule has 9 nitrogen and oxygen atoms in total. The van der Waals surface area contributed by atoms with Gasteiger partial charge in [0, 0.05) is 19.2 Å². The Morgan fingerprint density at radius 3 is 2.42 bits per heavy atom. The quantitative estimate of drug-likeness (QED) is 0.550. The number of anilines is 1. The number of rotatable bonds is 6. The van der Waals surface area contributed by atoms with Crippen LogP contribution in [-0.4, -0.2) is 51.8 Å². The second-order valence-electron chi connectivity index (χ2n) is 3.76. The van der Waals surface area contributed by atoms with Crippen molar-refractivity contribution in [2.24, 2.45) is 0 Å². The highest BCUT2D eigenvalue weighted by Gasteiger charge is 2.21. The highest BCUT2D eigenvalue weighted by Crippen LogP contribution is 2.30. The molecule has 1 aromatic carbocycles. The zero-order chi connectivity index (χ0) is 13.8. The van der Waals surface area contributed by atoms with E-state index >= 15 is 0 Å². The van der Waals surface area contributed by atoms with Crippen LogP contribution in [0.4, 0.5) is 11.4 Å². The summed E-state index contributed by atoms with van der Waals surface area (Å²) < 4.78 is 4.55. The minimum atomic E-state index is -0.571. The van der Waals surface area contributed by atoms with Crippen molar-refractivity contribution < 1.29 is 19.8 Å². The third-order valence-electron chi connectivity index (χ3n) is 2.65. The molecule has 1 aromatic heterocycles. The van der Waals surface area contributed by atoms with Crippen LogP contribution in [0.1, 0.15) is 0 Å². The van der Waals surface area contributed by atoms with Crippen LogP contribution in [0.25, 0.3) is 11.0 Å². The number of nitro groups is 1. The maximum Gasteiger partial charge on any atom is 0.300 e. The molecular formula is C10H12N4O5. The number of nitrogens with zero attached hydrogens (tertiary/aromatic N) is 4. The van der Waals surface area contributed by atoms with E-state index in [1.54, 1.807) is 4.90 Å². The molecule has 0 unspecified atom stereocenters. The molecule has 0 saturated heterocycles. The first kappa shape index (κ1) is 13.2. The fraction of sp³-hybridized carbons (Fsp3) is 0.400. The molecule has 0 atom stereocenters. The first-order valence-corrected chi connectivity index (χ1v) is 5.55. The van der Waals surface area contributed by atoms with E-state index in [1.165, 1.54) is 12.1 Å². The third-order valence-corrected chi connectivity index (χ3v) is 2.65. The van der Waals surface area contributed by atoms with Gasteiger partial charge in [-0.05, 0) is 16.4 Å². The number of aliphatic hydroxyl groups is 2. The van der Waals surface area contributed by atoms with Gasteiger partial charge in [0.25, 0.3) is 0 Å². The van der Waals surface area contributed by atoms with Crippen molar-refractivity contribution in [1.29, 1.82) is 0 Å². The standard InChI is InChI=1S/C10H12N4O5/c15-5-3-13(4-6-16)7-1-2-8(14(17)18)10-9(7)11-19-12-10/h1-2,15-16H,3-6H2. The van der Waals surface area contributed by atoms with Crippen LogP contribution < -0.4 is 4.90 Å². The fourth-order valence-corrected chi connectivity index (χ4v) is 1.84. The summed E-state index contributed by atoms with van der Waals surface area (Å²) in [6, 6.07) is 2.79. The third kappa shape index (κ3) is 2.46. The molecule has 2 N–H and O–H groups in total. The highest BCUT2D eigenvalue weighted by atomic mass is 16.6. The van der Waals surface area contributed by atoms with Crippen molar-refractivity contribution in [1.82, 2.24) is 10.3 Å². The topological polar surface area (TPSA) is 126 Å². The molecule has 0 amide bonds. The zero-order valence-corrected chi connectivity index (χ0v) is 9.89. The number of hydrogen-bond acceptors (Lipinski definition) is 8. The first-order valence-electron chi connectivity index (χ1n) is 5.55. The highest BCUT2D eigenvalue weighted by molar-refractivity contribution is 5.93. The Labute approximate surface area is 107 Å². The number of aromatic nitrogens is 2. The number of hydrogen-bond donors (Lipinski definition) is 2. The average Bonchev–Trinajstić information content (AvgIpc) is 2.86. The fourth-order valence-electron chi connectivity index (χ4n) is 1.84. The van der Waals surface area contributed by atoms with Crippen LogP contribution in [0, 0.1) is 10.1 Å². The summed E-state index contributed by atoms with van der Waals surface area (Å²) in [4.78, 5) is 11.9. The minimum Gasteiger partial charge on any atom is -0.395 e. The Morgan fingerprint density at radius 2 is 1.84 bits per heavy atom. The van der Waals surface area contributed by atoms with Crippen LogP contribution in [0.5, 0.6) is 0 Å². The van der Waals surface area contributed by atoms with E-state index < -0.39 is 4.92 Å². The molecule has 0 radical (unpaired) electrons. The maximum absolute atomic E-state index is 10.8. The van der Waals surface area contributed by atoms with Gasteiger partial charge in [0.05, 0.1) is 23.8 Å². The molecule has 9 heteroatoms. The van der Waals surface area contributed by atoms with Crippen molar-refractivity contribution >= 4 is 22.4 Å². The monoisotopic (exact) mass is 268 g/mol. The normalized spacial score (nSPS) is 10.8. The molecule has 2 rings (SSSR count). The lowest BCUT2D eigenvalue weighted by molar-refractivity contribution is -0.383. The Kier molecular flexibility index (Phi) is 3.88. The lowest BCUT2D eigenvalue weighted by Crippen LogP contribution is -2.29. The van der Waals surface area contributed by atoms with Gasteiger partial charge in [-0.25, -0.2) is 4.63 Å². The lowest BCUT2D eigenvalue weighted by Gasteiger charge is -2.22. The van der Waals surface area contributed by atoms with E-state index in [0.29, 0.717) is 5.69 Å². The van der Waals surface area contributed by atoms with E-state index in [-0.39, 0.29) is 43.0 Å². The predicted molar refractivity (Wildman–Crippen MR) is 64.8 cm³/mol. The molecule has 0 saturated carbocycles. The van der Waals surface area contributed by atoms with Crippen LogP contribution >= 0.6 is 0 Å². The summed E-state index contributed by atoms with van der Waals surface area (Å²) in [6.45, 7) is 0.286. The molecule has 19 heavy (non-hydrogen) atoms. The smallest absolute Gasteiger partial charge is 0.300 e. The number of benzene rings is 1. The van der Waals surface area contributed by atoms with Crippen molar-refractivity contribution in [2.75, 3.05) is 31.2 Å². The molecule has 0 spiro atoms. The second kappa shape index (κ2) is 5.59. The average molecular weight is 268 g/mol. The Hall–Kier alpha value is -2.26. The molecule has 0 fully saturated rings. The minimum absolute atomic E-state index is 0.0448. The van der Waals surface area contributed by atoms with E-state index in [1.807, 2.05) is 0 Å². The van der Waals surface area contributed by atoms with E-state index in [4.69, 9.17) is 10.2 Å². The molecule has 102 valence electrons. The number of nitro benzene ring substituents is 1. The Bertz CT molecular complexity index is 578. The van der Waals surface area contributed by atoms with Crippen LogP contribution in [-0.2, 0) is 0 Å². The molecule has 0 aliphatic carbocycles. The SMILES string of the molecule is O=[N+]([O-])c1ccc(N(CCO)CCO)c2nonc12. The number of aliphatic hydroxyl groups excluding tert-OH is 2. The van der Waals surface area contributed by atoms with Gasteiger partial charge in [0.15, 0.2) is 5.52 Å². The van der Waals surface area contributed by atoms with Gasteiger partial charge in [-0.3, -0.25) is 10.1 Å². The second-order valence-corrected chi connectivity index (χ2v) is 3.76. The molecule has 1 heterocycles. The Balaban J connectivity index is 2.52. The largest absolute Gasteiger partial charge is 0.395 e. The number of fused-ring (bicyclic) bond motifs is 1. The zero-order valence-electron chi connectivity index (χ0n) is 9.89. The van der Waals surface area contributed by atoms with E-state index in [9.17, 15) is 10.1 Å². The Morgan fingerprint density at radius 1 is 1.21 bits per heavy atom. The molecule has 0 bridgehead atoms. The van der Waals surface area contributed by atoms with Crippen molar-refractivity contribution in [2.45, 2.75) is 0 Å². The van der Waals surface area contributed by atoms with Gasteiger partial charge in [0.1, 0.15) is 0 Å². The molecular weight excluding hydrogens is 256 g/mol. The summed E-state index contributed by atoms with van der Waals surface area (Å²) in [5, 5.41) is 36.0. The van der Waals surface area contributed by atoms with Crippen LogP contribution in [0.15, 0.2) is 16.8 Å². The van der Waals surface area contributed by atoms with Crippen molar-refractivity contribution in [3.05, 3.63) is 22.2 Å². The van der Waals surface area contributed by atoms with Crippen LogP contribution in [0.3, 0.4) is 0 Å². The van der Waals surface area contributed by atoms with Gasteiger partial charge in [-0.15, -0.1) is 0 Å². The first-order chi connectivity index (χ1) is 9.19. The summed E-state index contributed by atoms with van der Waals surface area (Å²) >= 11 is 0. The number of non-ortho nitro benzene ring substituents is 1.